The molecule has 8 saturated heterocycles. The van der Waals surface area contributed by atoms with Crippen LogP contribution in [0.2, 0.25) is 0 Å². The highest BCUT2D eigenvalue weighted by molar-refractivity contribution is 7.99. The number of thioether (sulfide) groups is 1. The molecule has 0 radical (unpaired) electrons. The number of carbonyl (C=O) groups is 7. The van der Waals surface area contributed by atoms with Crippen molar-refractivity contribution in [3.8, 4) is 0 Å². The van der Waals surface area contributed by atoms with Gasteiger partial charge in [-0.1, -0.05) is 379 Å². The van der Waals surface area contributed by atoms with Gasteiger partial charge >= 0.3 is 5.97 Å². The lowest BCUT2D eigenvalue weighted by atomic mass is 9.99. The number of esters is 1. The molecule has 0 atom stereocenters. The van der Waals surface area contributed by atoms with Gasteiger partial charge in [0.2, 0.25) is 15.9 Å². The van der Waals surface area contributed by atoms with E-state index >= 15 is 0 Å². The summed E-state index contributed by atoms with van der Waals surface area (Å²) < 4.78 is 36.2. The van der Waals surface area contributed by atoms with Crippen LogP contribution in [0, 0.1) is 0 Å². The van der Waals surface area contributed by atoms with Gasteiger partial charge in [-0.2, -0.15) is 11.8 Å². The minimum atomic E-state index is -2.73. The summed E-state index contributed by atoms with van der Waals surface area (Å²) in [6.07, 6.45) is 32.5. The summed E-state index contributed by atoms with van der Waals surface area (Å²) in [4.78, 5) is 70.3. The van der Waals surface area contributed by atoms with Gasteiger partial charge in [0.05, 0.1) is 12.2 Å². The average Bonchev–Trinajstić information content (AvgIpc) is 1.88. The molecule has 0 aromatic carbocycles. The second-order valence-electron chi connectivity index (χ2n) is 18.2. The maximum absolute atomic E-state index is 10.7. The topological polar surface area (TPSA) is 229 Å². The molecule has 13 fully saturated rings. The Morgan fingerprint density at radius 2 is 0.397 bits per heavy atom. The van der Waals surface area contributed by atoms with Crippen LogP contribution >= 0.6 is 11.8 Å². The number of amides is 1. The number of cyclic esters (lactones) is 1. The number of ketones is 5. The normalized spacial score (nSPS) is 14.5. The van der Waals surface area contributed by atoms with Crippen LogP contribution in [-0.2, 0) is 57.8 Å². The van der Waals surface area contributed by atoms with Gasteiger partial charge in [-0.05, 0) is 134 Å². The summed E-state index contributed by atoms with van der Waals surface area (Å²) >= 11 is 2.07. The molecule has 8 aliphatic heterocycles. The Balaban J connectivity index is -0.0000000323. The van der Waals surface area contributed by atoms with Gasteiger partial charge in [-0.25, -0.2) is 13.1 Å². The Bertz CT molecular complexity index is 1330. The molecule has 0 unspecified atom stereocenters. The summed E-state index contributed by atoms with van der Waals surface area (Å²) in [7, 11) is -2.73. The van der Waals surface area contributed by atoms with Crippen molar-refractivity contribution in [1.29, 1.82) is 0 Å². The van der Waals surface area contributed by atoms with E-state index in [0.29, 0.717) is 54.2 Å². The summed E-state index contributed by atoms with van der Waals surface area (Å²) in [6.45, 7) is 115. The van der Waals surface area contributed by atoms with E-state index in [1.165, 1.54) is 108 Å². The third-order valence-corrected chi connectivity index (χ3v) is 14.0. The molecule has 0 aromatic heterocycles. The first-order valence-corrected chi connectivity index (χ1v) is 55.4. The van der Waals surface area contributed by atoms with E-state index in [1.807, 2.05) is 360 Å². The molecule has 1 amide bonds. The Morgan fingerprint density at radius 3 is 0.471 bits per heavy atom. The zero-order valence-electron chi connectivity index (χ0n) is 94.3. The lowest BCUT2D eigenvalue weighted by Gasteiger charge is -2.12. The number of nitrogens with one attached hydrogen (secondary N) is 4. The standard InChI is InChI=1S/C7H12O.C6H10O.C5H8O.C4H9N.C4H8O.C4H6O.C4H8S.C3H5NO.C3H7N.C3H4O2.C3H6O.C3H4O.C2H5NO2S.26C2H6/c8-7-5-3-1-2-4-6-7;7-6-4-2-1-3-5-6;6-5-3-1-2-4-5;2*1-2-4-5-3-1;5-4-2-1-3-4;1-2-4-5-3-1;5-3-1-2-4-3;1-2-4-3-1;4-3-1-2-5-3;1-2-4-3-1;4-3-1-2-3;4-6(5)2-1-3-6;26*1-2/h1-6H2;1-5H2;1-4H2;5H,1-4H2;1-4H2;1-3H2;1-4H2;1-2H2,(H,4,5);4H,1-3H2;1-2H2;1-3H2;1-2H2;3H,1-2H2;26*1-2H3. The van der Waals surface area contributed by atoms with Crippen molar-refractivity contribution >= 4 is 62.6 Å². The zero-order chi connectivity index (χ0) is 102. The highest BCUT2D eigenvalue weighted by Gasteiger charge is 2.18. The Labute approximate surface area is 777 Å². The first-order valence-electron chi connectivity index (χ1n) is 52.6. The van der Waals surface area contributed by atoms with Crippen LogP contribution in [-0.4, -0.2) is 139 Å². The molecule has 4 N–H and O–H groups in total. The number of sulfonamides is 1. The lowest BCUT2D eigenvalue weighted by molar-refractivity contribution is -0.157. The van der Waals surface area contributed by atoms with E-state index in [2.05, 4.69) is 37.2 Å². The second kappa shape index (κ2) is 273. The molecule has 121 heavy (non-hydrogen) atoms. The molecule has 18 heteroatoms. The molecule has 5 saturated carbocycles. The molecule has 0 bridgehead atoms. The van der Waals surface area contributed by atoms with Gasteiger partial charge < -0.3 is 30.2 Å². The number of β-lactam (4-membered cyclic amide) rings is 1. The van der Waals surface area contributed by atoms with E-state index in [9.17, 15) is 42.0 Å². The SMILES string of the molecule is C1CCNC1.C1CCOC1.C1CCSC1.C1CNC1.C1COC1.CC.CC.CC.CC.CC.CC.CC.CC.CC.CC.CC.CC.CC.CC.CC.CC.CC.CC.CC.CC.CC.CC.CC.CC.CC.CC.O=C1CC1.O=C1CCC1.O=C1CCCC1.O=C1CCCCC1.O=C1CCCCCC1.O=C1CCN1.O=C1CCO1.O=S1(=O)CCN1. The summed E-state index contributed by atoms with van der Waals surface area (Å²) in [5.74, 6) is 5.51. The number of hydrogen-bond donors (Lipinski definition) is 4. The predicted molar refractivity (Wildman–Crippen MR) is 569 cm³/mol. The first-order chi connectivity index (χ1) is 59.5. The van der Waals surface area contributed by atoms with Crippen molar-refractivity contribution in [2.75, 3.05) is 89.6 Å². The fraction of sp³-hybridized carbons (Fsp3) is 0.932. The highest BCUT2D eigenvalue weighted by atomic mass is 32.2. The van der Waals surface area contributed by atoms with E-state index in [4.69, 9.17) is 9.47 Å². The van der Waals surface area contributed by atoms with Gasteiger partial charge in [0.1, 0.15) is 35.5 Å². The molecule has 0 spiro atoms. The highest BCUT2D eigenvalue weighted by Crippen LogP contribution is 2.16. The summed E-state index contributed by atoms with van der Waals surface area (Å²) in [5.41, 5.74) is 0. The monoisotopic (exact) mass is 1800 g/mol. The third kappa shape index (κ3) is 290. The van der Waals surface area contributed by atoms with E-state index in [-0.39, 0.29) is 11.9 Å². The quantitative estimate of drug-likeness (QED) is 0.100. The van der Waals surface area contributed by atoms with Crippen molar-refractivity contribution < 1.29 is 56.2 Å². The van der Waals surface area contributed by atoms with Crippen molar-refractivity contribution in [2.45, 2.75) is 553 Å². The predicted octanol–water partition coefficient (Wildman–Crippen LogP) is 33.8. The van der Waals surface area contributed by atoms with Crippen molar-refractivity contribution in [2.24, 2.45) is 0 Å². The van der Waals surface area contributed by atoms with Crippen molar-refractivity contribution in [3.05, 3.63) is 0 Å². The number of Topliss-reactive ketones (excluding diaryl/α,β-unsaturated/α-hetero) is 5. The number of rotatable bonds is 0. The molecule has 5 aliphatic carbocycles. The molecule has 13 aliphatic rings. The summed E-state index contributed by atoms with van der Waals surface area (Å²) in [5, 5.41) is 8.90. The van der Waals surface area contributed by atoms with Gasteiger partial charge in [-0.3, -0.25) is 33.6 Å². The van der Waals surface area contributed by atoms with E-state index in [1.54, 1.807) is 0 Å². The maximum Gasteiger partial charge on any atom is 0.309 e. The fourth-order valence-corrected chi connectivity index (χ4v) is 7.42. The molecular weight excluding hydrogens is 1550 g/mol. The molecule has 764 valence electrons. The lowest BCUT2D eigenvalue weighted by Crippen LogP contribution is -2.42. The number of carbonyl (C=O) groups excluding carboxylic acids is 7. The van der Waals surface area contributed by atoms with Crippen LogP contribution in [0.15, 0.2) is 0 Å². The van der Waals surface area contributed by atoms with Crippen LogP contribution in [0.4, 0.5) is 0 Å². The molecule has 0 aromatic rings. The van der Waals surface area contributed by atoms with Crippen LogP contribution < -0.4 is 20.7 Å². The average molecular weight is 1800 g/mol. The Morgan fingerprint density at radius 1 is 0.223 bits per heavy atom. The maximum atomic E-state index is 10.7. The fourth-order valence-electron chi connectivity index (χ4n) is 5.86. The molecule has 16 nitrogen and oxygen atoms in total. The third-order valence-electron chi connectivity index (χ3n) is 11.4. The van der Waals surface area contributed by atoms with Gasteiger partial charge in [-0.15, -0.1) is 0 Å². The smallest absolute Gasteiger partial charge is 0.309 e. The minimum absolute atomic E-state index is 0.0648. The molecular formula is C103H248N4O12S2. The van der Waals surface area contributed by atoms with Crippen LogP contribution in [0.3, 0.4) is 0 Å². The first kappa shape index (κ1) is 191. The van der Waals surface area contributed by atoms with E-state index < -0.39 is 10.0 Å². The minimum Gasteiger partial charge on any atom is -0.465 e. The molecule has 8 heterocycles. The van der Waals surface area contributed by atoms with Crippen LogP contribution in [0.1, 0.15) is 553 Å². The Hall–Kier alpha value is -2.61. The Kier molecular flexibility index (Phi) is 430. The number of ether oxygens (including phenoxy) is 3. The number of hydrogen-bond acceptors (Lipinski definition) is 15. The van der Waals surface area contributed by atoms with Crippen LogP contribution in [0.5, 0.6) is 0 Å². The summed E-state index contributed by atoms with van der Waals surface area (Å²) in [6, 6.07) is 0. The second-order valence-corrected chi connectivity index (χ2v) is 21.3. The van der Waals surface area contributed by atoms with Crippen LogP contribution in [0.25, 0.3) is 0 Å². The van der Waals surface area contributed by atoms with Crippen molar-refractivity contribution in [3.63, 3.8) is 0 Å². The zero-order valence-corrected chi connectivity index (χ0v) is 96.0. The molecule has 13 rings (SSSR count). The van der Waals surface area contributed by atoms with Gasteiger partial charge in [0.25, 0.3) is 0 Å². The van der Waals surface area contributed by atoms with Gasteiger partial charge in [0, 0.05) is 110 Å². The van der Waals surface area contributed by atoms with Gasteiger partial charge in [0.15, 0.2) is 0 Å². The largest absolute Gasteiger partial charge is 0.465 e. The van der Waals surface area contributed by atoms with E-state index in [0.717, 1.165) is 149 Å². The van der Waals surface area contributed by atoms with Crippen molar-refractivity contribution in [1.82, 2.24) is 20.7 Å².